The molecule has 0 saturated heterocycles. The molecule has 1 aliphatic rings. The zero-order valence-electron chi connectivity index (χ0n) is 6.54. The van der Waals surface area contributed by atoms with Gasteiger partial charge in [-0.3, -0.25) is 4.79 Å². The van der Waals surface area contributed by atoms with Crippen LogP contribution >= 0.6 is 0 Å². The highest BCUT2D eigenvalue weighted by molar-refractivity contribution is 5.98. The first-order valence-corrected chi connectivity index (χ1v) is 3.55. The van der Waals surface area contributed by atoms with Gasteiger partial charge in [0.05, 0.1) is 0 Å². The van der Waals surface area contributed by atoms with Crippen LogP contribution in [0.5, 0.6) is 0 Å². The Hall–Kier alpha value is -1.46. The fourth-order valence-corrected chi connectivity index (χ4v) is 0.987. The van der Waals surface area contributed by atoms with Crippen LogP contribution in [-0.2, 0) is 9.59 Å². The Balaban J connectivity index is 2.78. The molecule has 0 heterocycles. The lowest BCUT2D eigenvalue weighted by molar-refractivity contribution is -0.131. The van der Waals surface area contributed by atoms with Crippen molar-refractivity contribution >= 4 is 11.8 Å². The van der Waals surface area contributed by atoms with Crippen molar-refractivity contribution in [3.05, 3.63) is 23.8 Å². The second kappa shape index (κ2) is 3.51. The Morgan fingerprint density at radius 3 is 2.38 bits per heavy atom. The first kappa shape index (κ1) is 9.63. The smallest absolute Gasteiger partial charge is 0.328 e. The molecule has 1 rings (SSSR count). The van der Waals surface area contributed by atoms with Crippen molar-refractivity contribution in [2.24, 2.45) is 0 Å². The van der Waals surface area contributed by atoms with Gasteiger partial charge >= 0.3 is 5.97 Å². The number of rotatable bonds is 2. The lowest BCUT2D eigenvalue weighted by Crippen LogP contribution is -2.27. The summed E-state index contributed by atoms with van der Waals surface area (Å²) in [5.41, 5.74) is 0.111. The summed E-state index contributed by atoms with van der Waals surface area (Å²) in [5.74, 6) is -1.79. The molecule has 0 aromatic heterocycles. The SMILES string of the molecule is O=C(O)/C=C/C1=CC(=O)[C@H](O)[C@H]1O. The number of ketones is 1. The third-order valence-corrected chi connectivity index (χ3v) is 1.66. The van der Waals surface area contributed by atoms with Crippen LogP contribution in [-0.4, -0.2) is 39.3 Å². The molecule has 2 atom stereocenters. The molecule has 5 nitrogen and oxygen atoms in total. The Morgan fingerprint density at radius 1 is 1.38 bits per heavy atom. The highest BCUT2D eigenvalue weighted by Gasteiger charge is 2.31. The average Bonchev–Trinajstić information content (AvgIpc) is 2.29. The Kier molecular flexibility index (Phi) is 2.60. The van der Waals surface area contributed by atoms with Crippen molar-refractivity contribution in [1.29, 1.82) is 0 Å². The molecule has 0 spiro atoms. The summed E-state index contributed by atoms with van der Waals surface area (Å²) in [6.07, 6.45) is 0.118. The van der Waals surface area contributed by atoms with E-state index in [1.54, 1.807) is 0 Å². The predicted octanol–water partition coefficient (Wildman–Crippen LogP) is -1.14. The van der Waals surface area contributed by atoms with Crippen molar-refractivity contribution in [3.63, 3.8) is 0 Å². The maximum atomic E-state index is 10.8. The molecule has 70 valence electrons. The zero-order valence-corrected chi connectivity index (χ0v) is 6.54. The molecule has 0 radical (unpaired) electrons. The molecule has 13 heavy (non-hydrogen) atoms. The van der Waals surface area contributed by atoms with Crippen LogP contribution in [0.2, 0.25) is 0 Å². The quantitative estimate of drug-likeness (QED) is 0.471. The zero-order chi connectivity index (χ0) is 10.0. The number of aliphatic carboxylic acids is 1. The normalized spacial score (nSPS) is 28.2. The summed E-state index contributed by atoms with van der Waals surface area (Å²) in [4.78, 5) is 20.9. The second-order valence-electron chi connectivity index (χ2n) is 2.61. The summed E-state index contributed by atoms with van der Waals surface area (Å²) in [7, 11) is 0. The van der Waals surface area contributed by atoms with E-state index < -0.39 is 24.0 Å². The van der Waals surface area contributed by atoms with Crippen molar-refractivity contribution in [1.82, 2.24) is 0 Å². The van der Waals surface area contributed by atoms with Gasteiger partial charge < -0.3 is 15.3 Å². The number of aliphatic hydroxyl groups is 2. The Morgan fingerprint density at radius 2 is 2.00 bits per heavy atom. The van der Waals surface area contributed by atoms with Gasteiger partial charge in [-0.25, -0.2) is 4.79 Å². The lowest BCUT2D eigenvalue weighted by atomic mass is 10.1. The van der Waals surface area contributed by atoms with E-state index in [9.17, 15) is 9.59 Å². The van der Waals surface area contributed by atoms with Crippen molar-refractivity contribution < 1.29 is 24.9 Å². The van der Waals surface area contributed by atoms with Crippen LogP contribution in [0.3, 0.4) is 0 Å². The van der Waals surface area contributed by atoms with Gasteiger partial charge in [0, 0.05) is 6.08 Å². The molecular formula is C8H8O5. The molecule has 3 N–H and O–H groups in total. The highest BCUT2D eigenvalue weighted by atomic mass is 16.4. The number of aliphatic hydroxyl groups excluding tert-OH is 2. The predicted molar refractivity (Wildman–Crippen MR) is 41.9 cm³/mol. The van der Waals surface area contributed by atoms with Gasteiger partial charge in [-0.15, -0.1) is 0 Å². The maximum Gasteiger partial charge on any atom is 0.328 e. The lowest BCUT2D eigenvalue weighted by Gasteiger charge is -2.07. The summed E-state index contributed by atoms with van der Waals surface area (Å²) in [6, 6.07) is 0. The van der Waals surface area contributed by atoms with E-state index in [-0.39, 0.29) is 5.57 Å². The number of carboxylic acid groups (broad SMARTS) is 1. The maximum absolute atomic E-state index is 10.8. The van der Waals surface area contributed by atoms with Crippen LogP contribution < -0.4 is 0 Å². The molecule has 0 aliphatic heterocycles. The summed E-state index contributed by atoms with van der Waals surface area (Å²) >= 11 is 0. The first-order valence-electron chi connectivity index (χ1n) is 3.55. The number of hydrogen-bond acceptors (Lipinski definition) is 4. The third kappa shape index (κ3) is 2.01. The molecular weight excluding hydrogens is 176 g/mol. The Labute approximate surface area is 73.6 Å². The van der Waals surface area contributed by atoms with E-state index in [1.165, 1.54) is 0 Å². The van der Waals surface area contributed by atoms with Gasteiger partial charge in [0.15, 0.2) is 5.78 Å². The average molecular weight is 184 g/mol. The second-order valence-corrected chi connectivity index (χ2v) is 2.61. The van der Waals surface area contributed by atoms with E-state index in [0.29, 0.717) is 0 Å². The van der Waals surface area contributed by atoms with Gasteiger partial charge in [0.1, 0.15) is 12.2 Å². The highest BCUT2D eigenvalue weighted by Crippen LogP contribution is 2.17. The number of carboxylic acids is 1. The van der Waals surface area contributed by atoms with E-state index >= 15 is 0 Å². The number of carbonyl (C=O) groups excluding carboxylic acids is 1. The Bertz CT molecular complexity index is 302. The largest absolute Gasteiger partial charge is 0.478 e. The van der Waals surface area contributed by atoms with Crippen LogP contribution in [0.4, 0.5) is 0 Å². The first-order chi connectivity index (χ1) is 6.02. The summed E-state index contributed by atoms with van der Waals surface area (Å²) in [6.45, 7) is 0. The van der Waals surface area contributed by atoms with Gasteiger partial charge in [0.25, 0.3) is 0 Å². The molecule has 0 bridgehead atoms. The van der Waals surface area contributed by atoms with E-state index in [4.69, 9.17) is 15.3 Å². The molecule has 0 fully saturated rings. The minimum absolute atomic E-state index is 0.111. The number of hydrogen-bond donors (Lipinski definition) is 3. The van der Waals surface area contributed by atoms with Crippen LogP contribution in [0.1, 0.15) is 0 Å². The molecule has 0 saturated carbocycles. The van der Waals surface area contributed by atoms with Crippen molar-refractivity contribution in [2.45, 2.75) is 12.2 Å². The molecule has 0 amide bonds. The van der Waals surface area contributed by atoms with Gasteiger partial charge in [0.2, 0.25) is 0 Å². The molecule has 0 aromatic rings. The van der Waals surface area contributed by atoms with E-state index in [2.05, 4.69) is 0 Å². The van der Waals surface area contributed by atoms with Gasteiger partial charge in [-0.2, -0.15) is 0 Å². The standard InChI is InChI=1S/C8H8O5/c9-5-3-4(1-2-6(10)11)7(12)8(5)13/h1-3,7-8,12-13H,(H,10,11)/b2-1+/t7-,8-/m0/s1. The van der Waals surface area contributed by atoms with Crippen LogP contribution in [0, 0.1) is 0 Å². The molecule has 1 aliphatic carbocycles. The van der Waals surface area contributed by atoms with E-state index in [0.717, 1.165) is 18.2 Å². The van der Waals surface area contributed by atoms with Gasteiger partial charge in [-0.05, 0) is 17.7 Å². The molecule has 0 aromatic carbocycles. The van der Waals surface area contributed by atoms with E-state index in [1.807, 2.05) is 0 Å². The fourth-order valence-electron chi connectivity index (χ4n) is 0.987. The fraction of sp³-hybridized carbons (Fsp3) is 0.250. The minimum Gasteiger partial charge on any atom is -0.478 e. The topological polar surface area (TPSA) is 94.8 Å². The van der Waals surface area contributed by atoms with Crippen molar-refractivity contribution in [3.8, 4) is 0 Å². The third-order valence-electron chi connectivity index (χ3n) is 1.66. The van der Waals surface area contributed by atoms with Crippen LogP contribution in [0.15, 0.2) is 23.8 Å². The van der Waals surface area contributed by atoms with Gasteiger partial charge in [-0.1, -0.05) is 0 Å². The monoisotopic (exact) mass is 184 g/mol. The molecule has 0 unspecified atom stereocenters. The van der Waals surface area contributed by atoms with Crippen molar-refractivity contribution in [2.75, 3.05) is 0 Å². The summed E-state index contributed by atoms with van der Waals surface area (Å²) < 4.78 is 0. The minimum atomic E-state index is -1.46. The van der Waals surface area contributed by atoms with Crippen LogP contribution in [0.25, 0.3) is 0 Å². The summed E-state index contributed by atoms with van der Waals surface area (Å²) in [5, 5.41) is 26.4. The molecule has 5 heteroatoms. The number of carbonyl (C=O) groups is 2.